The van der Waals surface area contributed by atoms with Crippen LogP contribution in [0.1, 0.15) is 0 Å². The van der Waals surface area contributed by atoms with Crippen LogP contribution in [0.4, 0.5) is 0 Å². The Balaban J connectivity index is -0.000000405. The van der Waals surface area contributed by atoms with Crippen molar-refractivity contribution < 1.29 is 69.5 Å². The first-order valence-corrected chi connectivity index (χ1v) is 5.49. The van der Waals surface area contributed by atoms with E-state index in [-0.39, 0.29) is 40.8 Å². The van der Waals surface area contributed by atoms with Crippen LogP contribution in [0.2, 0.25) is 0 Å². The Hall–Kier alpha value is 1.91. The van der Waals surface area contributed by atoms with Crippen LogP contribution in [0.15, 0.2) is 0 Å². The first-order chi connectivity index (χ1) is 4.15. The van der Waals surface area contributed by atoms with Gasteiger partial charge in [0.25, 0.3) is 0 Å². The van der Waals surface area contributed by atoms with E-state index in [0.29, 0.717) is 0 Å². The molecule has 0 amide bonds. The second kappa shape index (κ2) is 6.41. The van der Waals surface area contributed by atoms with Crippen molar-refractivity contribution in [1.82, 2.24) is 0 Å². The van der Waals surface area contributed by atoms with Crippen LogP contribution in [0.3, 0.4) is 0 Å². The van der Waals surface area contributed by atoms with Crippen LogP contribution in [0.25, 0.3) is 0 Å². The normalized spacial score (nSPS) is 11.8. The van der Waals surface area contributed by atoms with Crippen LogP contribution < -0.4 is 19.6 Å². The van der Waals surface area contributed by atoms with Gasteiger partial charge in [0.1, 0.15) is 0 Å². The zero-order valence-electron chi connectivity index (χ0n) is 4.93. The average molecular weight is 419 g/mol. The van der Waals surface area contributed by atoms with Crippen molar-refractivity contribution in [1.29, 1.82) is 0 Å². The molecule has 0 saturated carbocycles. The fraction of sp³-hybridized carbons (Fsp3) is 1.00. The van der Waals surface area contributed by atoms with E-state index >= 15 is 0 Å². The molecule has 11 heteroatoms. The van der Waals surface area contributed by atoms with E-state index in [2.05, 4.69) is 11.6 Å². The van der Waals surface area contributed by atoms with Crippen molar-refractivity contribution in [2.24, 2.45) is 0 Å². The summed E-state index contributed by atoms with van der Waals surface area (Å²) < 4.78 is 19.5. The summed E-state index contributed by atoms with van der Waals surface area (Å²) in [6.45, 7) is 0. The molecule has 0 spiro atoms. The smallest absolute Gasteiger partial charge is 0.809 e. The molecule has 0 aliphatic rings. The standard InChI is InChI=1S/CH5ClO6P2.2Pd/c2-1(9(3,4)5)10(6,7)8;;/h1H,(H2,3,4,5)(H2,6,7,8);;/q;2*+2/p-4. The average Bonchev–Trinajstić information content (AvgIpc) is 1.59. The molecule has 12 heavy (non-hydrogen) atoms. The monoisotopic (exact) mass is 418 g/mol. The Labute approximate surface area is 101 Å². The van der Waals surface area contributed by atoms with Crippen molar-refractivity contribution in [2.75, 3.05) is 0 Å². The van der Waals surface area contributed by atoms with Crippen molar-refractivity contribution in [3.05, 3.63) is 0 Å². The maximum absolute atomic E-state index is 9.75. The predicted octanol–water partition coefficient (Wildman–Crippen LogP) is -2.67. The zero-order chi connectivity index (χ0) is 8.58. The summed E-state index contributed by atoms with van der Waals surface area (Å²) in [4.78, 5) is 36.1. The molecule has 0 rings (SSSR count). The first kappa shape index (κ1) is 19.5. The second-order valence-electron chi connectivity index (χ2n) is 1.39. The van der Waals surface area contributed by atoms with Gasteiger partial charge in [0.15, 0.2) is 0 Å². The molecule has 0 heterocycles. The molecule has 0 aliphatic carbocycles. The molecule has 0 radical (unpaired) electrons. The van der Waals surface area contributed by atoms with Gasteiger partial charge >= 0.3 is 40.8 Å². The van der Waals surface area contributed by atoms with Gasteiger partial charge in [0.05, 0.1) is 4.86 Å². The maximum Gasteiger partial charge on any atom is 2.00 e. The van der Waals surface area contributed by atoms with Crippen LogP contribution >= 0.6 is 26.8 Å². The Bertz CT molecular complexity index is 186. The minimum absolute atomic E-state index is 0. The zero-order valence-corrected chi connectivity index (χ0v) is 10.6. The van der Waals surface area contributed by atoms with Gasteiger partial charge in [-0.1, -0.05) is 0 Å². The fourth-order valence-corrected chi connectivity index (χ4v) is 1.56. The quantitative estimate of drug-likeness (QED) is 0.273. The maximum atomic E-state index is 9.75. The van der Waals surface area contributed by atoms with Crippen LogP contribution in [0, 0.1) is 0 Å². The largest absolute Gasteiger partial charge is 2.00 e. The van der Waals surface area contributed by atoms with Gasteiger partial charge in [-0.25, -0.2) is 0 Å². The van der Waals surface area contributed by atoms with Gasteiger partial charge in [0.2, 0.25) is 0 Å². The second-order valence-corrected chi connectivity index (χ2v) is 6.03. The van der Waals surface area contributed by atoms with Crippen LogP contribution in [0.5, 0.6) is 0 Å². The van der Waals surface area contributed by atoms with Crippen molar-refractivity contribution in [3.8, 4) is 0 Å². The molecule has 0 aliphatic heterocycles. The topological polar surface area (TPSA) is 126 Å². The molecule has 0 aromatic heterocycles. The van der Waals surface area contributed by atoms with Crippen LogP contribution in [-0.2, 0) is 50.0 Å². The summed E-state index contributed by atoms with van der Waals surface area (Å²) in [7, 11) is -11.0. The Morgan fingerprint density at radius 3 is 1.08 bits per heavy atom. The van der Waals surface area contributed by atoms with Gasteiger partial charge in [-0.05, 0) is 15.2 Å². The predicted molar refractivity (Wildman–Crippen MR) is 24.9 cm³/mol. The third kappa shape index (κ3) is 7.33. The molecule has 0 saturated heterocycles. The van der Waals surface area contributed by atoms with E-state index in [1.807, 2.05) is 0 Å². The summed E-state index contributed by atoms with van der Waals surface area (Å²) in [5.41, 5.74) is 0. The number of hydrogen-bond acceptors (Lipinski definition) is 6. The Morgan fingerprint density at radius 1 is 0.917 bits per heavy atom. The molecule has 0 atom stereocenters. The van der Waals surface area contributed by atoms with Gasteiger partial charge in [-0.3, -0.25) is 0 Å². The van der Waals surface area contributed by atoms with Gasteiger partial charge < -0.3 is 28.7 Å². The first-order valence-electron chi connectivity index (χ1n) is 1.83. The summed E-state index contributed by atoms with van der Waals surface area (Å²) >= 11 is 4.46. The van der Waals surface area contributed by atoms with E-state index in [4.69, 9.17) is 0 Å². The van der Waals surface area contributed by atoms with Gasteiger partial charge in [0, 0.05) is 0 Å². The minimum atomic E-state index is -5.50. The molecular formula is CHClO6P2Pd2. The minimum Gasteiger partial charge on any atom is -0.809 e. The number of alkyl halides is 1. The van der Waals surface area contributed by atoms with Gasteiger partial charge in [-0.2, -0.15) is 0 Å². The Morgan fingerprint density at radius 2 is 1.08 bits per heavy atom. The molecule has 78 valence electrons. The summed E-state index contributed by atoms with van der Waals surface area (Å²) in [6.07, 6.45) is 0. The van der Waals surface area contributed by atoms with Gasteiger partial charge in [-0.15, -0.1) is 11.6 Å². The third-order valence-electron chi connectivity index (χ3n) is 0.522. The molecule has 6 nitrogen and oxygen atoms in total. The third-order valence-corrected chi connectivity index (χ3v) is 4.70. The molecule has 0 aromatic rings. The SMILES string of the molecule is O=P([O-])([O-])C(Cl)P(=O)([O-])[O-].[Pd+2].[Pd+2]. The van der Waals surface area contributed by atoms with E-state index in [0.717, 1.165) is 0 Å². The Kier molecular flexibility index (Phi) is 10.4. The van der Waals surface area contributed by atoms with E-state index in [1.165, 1.54) is 0 Å². The number of hydrogen-bond donors (Lipinski definition) is 0. The number of halogens is 1. The van der Waals surface area contributed by atoms with Crippen LogP contribution in [-0.4, -0.2) is 4.86 Å². The molecule has 0 unspecified atom stereocenters. The van der Waals surface area contributed by atoms with Crippen molar-refractivity contribution in [3.63, 3.8) is 0 Å². The van der Waals surface area contributed by atoms with Crippen molar-refractivity contribution in [2.45, 2.75) is 4.86 Å². The summed E-state index contributed by atoms with van der Waals surface area (Å²) in [6, 6.07) is 0. The molecule has 0 fully saturated rings. The summed E-state index contributed by atoms with van der Waals surface area (Å²) in [5.74, 6) is 0. The molecule has 0 aromatic carbocycles. The summed E-state index contributed by atoms with van der Waals surface area (Å²) in [5, 5.41) is 0. The fourth-order valence-electron chi connectivity index (χ4n) is 0.173. The van der Waals surface area contributed by atoms with E-state index < -0.39 is 20.1 Å². The van der Waals surface area contributed by atoms with E-state index in [9.17, 15) is 28.7 Å². The number of rotatable bonds is 2. The molecule has 0 bridgehead atoms. The van der Waals surface area contributed by atoms with Crippen molar-refractivity contribution >= 4 is 26.8 Å². The molecule has 0 N–H and O–H groups in total. The van der Waals surface area contributed by atoms with E-state index in [1.54, 1.807) is 0 Å². The molecular weight excluding hydrogens is 418 g/mol.